The van der Waals surface area contributed by atoms with E-state index in [1.54, 1.807) is 69.3 Å². The highest BCUT2D eigenvalue weighted by Gasteiger charge is 2.54. The van der Waals surface area contributed by atoms with E-state index in [0.29, 0.717) is 16.7 Å². The molecule has 1 saturated heterocycles. The Balaban J connectivity index is 1.33. The number of carbonyl (C=O) groups is 5. The van der Waals surface area contributed by atoms with Crippen LogP contribution in [-0.4, -0.2) is 88.0 Å². The van der Waals surface area contributed by atoms with Crippen LogP contribution >= 0.6 is 23.1 Å². The first kappa shape index (κ1) is 38.5. The Morgan fingerprint density at radius 3 is 2.28 bits per heavy atom. The van der Waals surface area contributed by atoms with E-state index < -0.39 is 65.6 Å². The number of rotatable bonds is 13. The fourth-order valence-electron chi connectivity index (χ4n) is 5.32. The van der Waals surface area contributed by atoms with Crippen molar-refractivity contribution in [2.75, 3.05) is 25.2 Å². The zero-order chi connectivity index (χ0) is 38.3. The highest BCUT2D eigenvalue weighted by atomic mass is 32.2. The van der Waals surface area contributed by atoms with Crippen molar-refractivity contribution >= 4 is 63.8 Å². The Labute approximate surface area is 313 Å². The SMILES string of the molecule is C=CC1=C(C(=O)OCC(NC(=O)OC(C)(C)C)C(=O)OC(c2ccccc2)c2ccccc2)N2C(=O)C(NC(=O)/C(=N\OC)c3csc(N)n3)[C@H]2SC1. The average Bonchev–Trinajstić information content (AvgIpc) is 3.57. The summed E-state index contributed by atoms with van der Waals surface area (Å²) < 4.78 is 16.9. The van der Waals surface area contributed by atoms with Gasteiger partial charge in [0, 0.05) is 11.1 Å². The van der Waals surface area contributed by atoms with E-state index in [-0.39, 0.29) is 28.0 Å². The Hall–Kier alpha value is -5.68. The summed E-state index contributed by atoms with van der Waals surface area (Å²) in [5.74, 6) is -2.97. The molecule has 278 valence electrons. The number of alkyl carbamates (subject to hydrolysis) is 1. The maximum Gasteiger partial charge on any atom is 0.408 e. The summed E-state index contributed by atoms with van der Waals surface area (Å²) in [6.07, 6.45) is -0.382. The number of hydrogen-bond donors (Lipinski definition) is 3. The highest BCUT2D eigenvalue weighted by molar-refractivity contribution is 8.00. The number of allylic oxidation sites excluding steroid dienone is 1. The number of esters is 2. The number of amides is 3. The molecule has 3 atom stereocenters. The van der Waals surface area contributed by atoms with Gasteiger partial charge in [0.25, 0.3) is 11.8 Å². The second-order valence-corrected chi connectivity index (χ2v) is 14.6. The number of nitrogen functional groups attached to an aromatic ring is 1. The summed E-state index contributed by atoms with van der Waals surface area (Å²) >= 11 is 2.39. The number of thioether (sulfide) groups is 1. The van der Waals surface area contributed by atoms with Crippen molar-refractivity contribution in [1.82, 2.24) is 20.5 Å². The molecule has 2 unspecified atom stereocenters. The molecule has 3 aromatic rings. The minimum Gasteiger partial charge on any atom is -0.458 e. The van der Waals surface area contributed by atoms with Gasteiger partial charge in [0.2, 0.25) is 0 Å². The van der Waals surface area contributed by atoms with Crippen LogP contribution in [0.25, 0.3) is 0 Å². The number of oxime groups is 1. The summed E-state index contributed by atoms with van der Waals surface area (Å²) in [5.41, 5.74) is 6.39. The summed E-state index contributed by atoms with van der Waals surface area (Å²) in [5, 5.41) is 9.88. The molecule has 0 spiro atoms. The van der Waals surface area contributed by atoms with E-state index in [1.165, 1.54) is 35.2 Å². The minimum atomic E-state index is -1.51. The van der Waals surface area contributed by atoms with Gasteiger partial charge in [-0.2, -0.15) is 0 Å². The van der Waals surface area contributed by atoms with E-state index in [9.17, 15) is 24.0 Å². The van der Waals surface area contributed by atoms with Gasteiger partial charge in [-0.3, -0.25) is 14.5 Å². The lowest BCUT2D eigenvalue weighted by atomic mass is 10.0. The van der Waals surface area contributed by atoms with Crippen LogP contribution in [0.5, 0.6) is 0 Å². The number of anilines is 1. The number of hydrogen-bond acceptors (Lipinski definition) is 14. The van der Waals surface area contributed by atoms with Gasteiger partial charge in [-0.1, -0.05) is 78.5 Å². The monoisotopic (exact) mass is 762 g/mol. The Morgan fingerprint density at radius 1 is 1.09 bits per heavy atom. The third kappa shape index (κ3) is 9.22. The summed E-state index contributed by atoms with van der Waals surface area (Å²) in [7, 11) is 1.26. The molecule has 0 saturated carbocycles. The third-order valence-corrected chi connectivity index (χ3v) is 9.66. The van der Waals surface area contributed by atoms with Crippen LogP contribution in [0.3, 0.4) is 0 Å². The molecule has 3 heterocycles. The van der Waals surface area contributed by atoms with Gasteiger partial charge >= 0.3 is 18.0 Å². The first-order valence-corrected chi connectivity index (χ1v) is 18.1. The van der Waals surface area contributed by atoms with Crippen LogP contribution in [-0.2, 0) is 38.2 Å². The first-order valence-electron chi connectivity index (χ1n) is 16.2. The van der Waals surface area contributed by atoms with E-state index in [2.05, 4.69) is 27.4 Å². The molecule has 2 aliphatic heterocycles. The molecule has 3 amide bonds. The van der Waals surface area contributed by atoms with Gasteiger partial charge in [0.05, 0.1) is 0 Å². The molecule has 15 nitrogen and oxygen atoms in total. The molecule has 0 aliphatic carbocycles. The molecule has 1 aromatic heterocycles. The van der Waals surface area contributed by atoms with Crippen molar-refractivity contribution in [1.29, 1.82) is 0 Å². The zero-order valence-electron chi connectivity index (χ0n) is 29.3. The zero-order valence-corrected chi connectivity index (χ0v) is 30.9. The largest absolute Gasteiger partial charge is 0.458 e. The number of aromatic nitrogens is 1. The number of carbonyl (C=O) groups excluding carboxylic acids is 5. The van der Waals surface area contributed by atoms with Gasteiger partial charge < -0.3 is 35.4 Å². The predicted molar refractivity (Wildman–Crippen MR) is 197 cm³/mol. The van der Waals surface area contributed by atoms with Crippen molar-refractivity contribution in [2.24, 2.45) is 5.16 Å². The summed E-state index contributed by atoms with van der Waals surface area (Å²) in [4.78, 5) is 77.2. The molecular weight excluding hydrogens is 725 g/mol. The van der Waals surface area contributed by atoms with E-state index in [0.717, 1.165) is 11.3 Å². The fourth-order valence-corrected chi connectivity index (χ4v) is 7.21. The first-order chi connectivity index (χ1) is 25.3. The summed E-state index contributed by atoms with van der Waals surface area (Å²) in [6, 6.07) is 15.5. The van der Waals surface area contributed by atoms with Crippen molar-refractivity contribution in [3.05, 3.63) is 107 Å². The average molecular weight is 763 g/mol. The topological polar surface area (TPSA) is 201 Å². The van der Waals surface area contributed by atoms with E-state index in [4.69, 9.17) is 24.8 Å². The number of nitrogens with one attached hydrogen (secondary N) is 2. The van der Waals surface area contributed by atoms with Gasteiger partial charge in [-0.25, -0.2) is 19.4 Å². The van der Waals surface area contributed by atoms with Crippen LogP contribution in [0.15, 0.2) is 95.1 Å². The van der Waals surface area contributed by atoms with Crippen molar-refractivity contribution < 1.29 is 43.0 Å². The molecular formula is C36H38N6O9S2. The lowest BCUT2D eigenvalue weighted by Crippen LogP contribution is -2.71. The van der Waals surface area contributed by atoms with Crippen LogP contribution in [0.1, 0.15) is 43.7 Å². The van der Waals surface area contributed by atoms with Crippen molar-refractivity contribution in [3.63, 3.8) is 0 Å². The Kier molecular flexibility index (Phi) is 12.2. The van der Waals surface area contributed by atoms with Crippen LogP contribution in [0.2, 0.25) is 0 Å². The van der Waals surface area contributed by atoms with Gasteiger partial charge in [0.1, 0.15) is 42.1 Å². The molecule has 53 heavy (non-hydrogen) atoms. The lowest BCUT2D eigenvalue weighted by Gasteiger charge is -2.49. The highest BCUT2D eigenvalue weighted by Crippen LogP contribution is 2.41. The number of thiazole rings is 1. The molecule has 2 aromatic carbocycles. The van der Waals surface area contributed by atoms with Crippen LogP contribution in [0.4, 0.5) is 9.93 Å². The minimum absolute atomic E-state index is 0.117. The van der Waals surface area contributed by atoms with Crippen molar-refractivity contribution in [2.45, 2.75) is 49.9 Å². The second kappa shape index (κ2) is 16.8. The molecule has 0 radical (unpaired) electrons. The molecule has 1 fully saturated rings. The maximum absolute atomic E-state index is 13.8. The van der Waals surface area contributed by atoms with Crippen molar-refractivity contribution in [3.8, 4) is 0 Å². The van der Waals surface area contributed by atoms with Gasteiger partial charge in [-0.15, -0.1) is 23.1 Å². The number of nitrogens with two attached hydrogens (primary N) is 1. The Morgan fingerprint density at radius 2 is 1.74 bits per heavy atom. The van der Waals surface area contributed by atoms with E-state index >= 15 is 0 Å². The number of β-lactam (4-membered cyclic amide) rings is 1. The standard InChI is InChI=1S/C36H38N6O9S2/c1-6-20-18-52-31-26(40-29(43)25(41-48-5)24-19-53-34(37)38-24)30(44)42(31)27(20)33(46)49-17-23(39-35(47)51-36(2,3)4)32(45)50-28(21-13-9-7-10-14-21)22-15-11-8-12-16-22/h6-16,19,23,26,28,31H,1,17-18H2,2-5H3,(H2,37,38)(H,39,47)(H,40,43)/b41-25-/t23?,26?,31-/m1/s1. The lowest BCUT2D eigenvalue weighted by molar-refractivity contribution is -0.157. The number of benzene rings is 2. The molecule has 0 bridgehead atoms. The van der Waals surface area contributed by atoms with Crippen LogP contribution < -0.4 is 16.4 Å². The van der Waals surface area contributed by atoms with Gasteiger partial charge in [0.15, 0.2) is 23.0 Å². The van der Waals surface area contributed by atoms with E-state index in [1.807, 2.05) is 12.1 Å². The van der Waals surface area contributed by atoms with Gasteiger partial charge in [-0.05, 0) is 37.5 Å². The summed E-state index contributed by atoms with van der Waals surface area (Å²) in [6.45, 7) is 8.07. The Bertz CT molecular complexity index is 1890. The predicted octanol–water partition coefficient (Wildman–Crippen LogP) is 3.69. The molecule has 17 heteroatoms. The third-order valence-electron chi connectivity index (χ3n) is 7.68. The molecule has 4 N–H and O–H groups in total. The fraction of sp³-hybridized carbons (Fsp3) is 0.306. The van der Waals surface area contributed by atoms with Crippen LogP contribution in [0, 0.1) is 0 Å². The number of ether oxygens (including phenoxy) is 3. The maximum atomic E-state index is 13.8. The quantitative estimate of drug-likeness (QED) is 0.0751. The molecule has 5 rings (SSSR count). The normalized spacial score (nSPS) is 17.6. The number of fused-ring (bicyclic) bond motifs is 1. The molecule has 2 aliphatic rings. The second-order valence-electron chi connectivity index (χ2n) is 12.6. The number of nitrogens with zero attached hydrogens (tertiary/aromatic N) is 3. The smallest absolute Gasteiger partial charge is 0.408 e.